The van der Waals surface area contributed by atoms with Crippen LogP contribution in [-0.2, 0) is 24.2 Å². The number of carboxylic acids is 1. The number of carbonyl (C=O) groups is 3. The van der Waals surface area contributed by atoms with Gasteiger partial charge in [-0.1, -0.05) is 18.2 Å². The third-order valence-corrected chi connectivity index (χ3v) is 4.92. The minimum absolute atomic E-state index is 0.0414. The summed E-state index contributed by atoms with van der Waals surface area (Å²) in [5.41, 5.74) is 0. The lowest BCUT2D eigenvalue weighted by Gasteiger charge is -2.17. The standard InChI is InChI=1S/C15H15N3O8S/c19-8-7-18(10-13(21)22)12(20)6-9-25-14-15(17-26-16-14)27(23,24)11-4-2-1-3-5-11/h1-5,8H,6-7,9-10H2,(H,21,22). The highest BCUT2D eigenvalue weighted by Gasteiger charge is 2.28. The molecule has 0 bridgehead atoms. The van der Waals surface area contributed by atoms with Gasteiger partial charge in [0.25, 0.3) is 10.9 Å². The number of hydrogen-bond acceptors (Lipinski definition) is 9. The van der Waals surface area contributed by atoms with Gasteiger partial charge in [-0.2, -0.15) is 0 Å². The minimum atomic E-state index is -4.03. The molecule has 0 unspecified atom stereocenters. The maximum atomic E-state index is 12.5. The number of amides is 1. The Kier molecular flexibility index (Phi) is 6.60. The second-order valence-electron chi connectivity index (χ2n) is 5.12. The largest absolute Gasteiger partial charge is 0.480 e. The van der Waals surface area contributed by atoms with Crippen molar-refractivity contribution in [1.29, 1.82) is 0 Å². The molecule has 1 N–H and O–H groups in total. The van der Waals surface area contributed by atoms with E-state index >= 15 is 0 Å². The maximum absolute atomic E-state index is 12.5. The summed E-state index contributed by atoms with van der Waals surface area (Å²) < 4.78 is 34.6. The molecule has 144 valence electrons. The first kappa shape index (κ1) is 20.0. The molecule has 0 aliphatic carbocycles. The van der Waals surface area contributed by atoms with Crippen molar-refractivity contribution in [1.82, 2.24) is 15.2 Å². The number of aldehydes is 1. The number of rotatable bonds is 10. The van der Waals surface area contributed by atoms with Crippen molar-refractivity contribution in [2.24, 2.45) is 0 Å². The highest BCUT2D eigenvalue weighted by Crippen LogP contribution is 2.25. The second-order valence-corrected chi connectivity index (χ2v) is 6.99. The van der Waals surface area contributed by atoms with Gasteiger partial charge in [0, 0.05) is 0 Å². The molecule has 0 saturated heterocycles. The van der Waals surface area contributed by atoms with Gasteiger partial charge in [-0.05, 0) is 22.4 Å². The van der Waals surface area contributed by atoms with Crippen LogP contribution < -0.4 is 4.74 Å². The van der Waals surface area contributed by atoms with Crippen LogP contribution in [0.5, 0.6) is 5.88 Å². The zero-order valence-electron chi connectivity index (χ0n) is 13.8. The number of nitrogens with zero attached hydrogens (tertiary/aromatic N) is 3. The molecule has 2 rings (SSSR count). The fourth-order valence-corrected chi connectivity index (χ4v) is 3.23. The molecule has 1 heterocycles. The molecule has 2 aromatic rings. The van der Waals surface area contributed by atoms with Gasteiger partial charge >= 0.3 is 5.97 Å². The molecule has 0 aliphatic heterocycles. The summed E-state index contributed by atoms with van der Waals surface area (Å²) in [6.45, 7) is -1.35. The van der Waals surface area contributed by atoms with Crippen LogP contribution in [0.25, 0.3) is 0 Å². The smallest absolute Gasteiger partial charge is 0.323 e. The van der Waals surface area contributed by atoms with Crippen LogP contribution >= 0.6 is 0 Å². The van der Waals surface area contributed by atoms with E-state index < -0.39 is 39.2 Å². The van der Waals surface area contributed by atoms with Gasteiger partial charge < -0.3 is 19.5 Å². The van der Waals surface area contributed by atoms with E-state index in [1.54, 1.807) is 6.07 Å². The van der Waals surface area contributed by atoms with E-state index in [1.807, 2.05) is 0 Å². The summed E-state index contributed by atoms with van der Waals surface area (Å²) in [6.07, 6.45) is 0.0899. The van der Waals surface area contributed by atoms with Gasteiger partial charge in [-0.15, -0.1) is 0 Å². The maximum Gasteiger partial charge on any atom is 0.323 e. The Balaban J connectivity index is 2.04. The quantitative estimate of drug-likeness (QED) is 0.532. The molecule has 1 amide bonds. The number of ether oxygens (including phenoxy) is 1. The molecule has 1 aromatic carbocycles. The topological polar surface area (TPSA) is 157 Å². The summed E-state index contributed by atoms with van der Waals surface area (Å²) in [7, 11) is -4.03. The summed E-state index contributed by atoms with van der Waals surface area (Å²) in [4.78, 5) is 34.0. The van der Waals surface area contributed by atoms with E-state index in [-0.39, 0.29) is 24.5 Å². The average molecular weight is 397 g/mol. The van der Waals surface area contributed by atoms with Crippen LogP contribution in [0.2, 0.25) is 0 Å². The van der Waals surface area contributed by atoms with Crippen molar-refractivity contribution < 1.29 is 37.3 Å². The first-order valence-corrected chi connectivity index (χ1v) is 9.03. The number of aliphatic carboxylic acids is 1. The van der Waals surface area contributed by atoms with Crippen LogP contribution in [0.1, 0.15) is 6.42 Å². The molecule has 27 heavy (non-hydrogen) atoms. The van der Waals surface area contributed by atoms with Crippen molar-refractivity contribution in [3.8, 4) is 5.88 Å². The Morgan fingerprint density at radius 1 is 1.22 bits per heavy atom. The number of aromatic nitrogens is 2. The highest BCUT2D eigenvalue weighted by molar-refractivity contribution is 7.91. The van der Waals surface area contributed by atoms with E-state index in [0.717, 1.165) is 4.90 Å². The molecule has 0 radical (unpaired) electrons. The third kappa shape index (κ3) is 5.10. The van der Waals surface area contributed by atoms with Gasteiger partial charge in [0.05, 0.1) is 24.5 Å². The molecule has 0 fully saturated rings. The lowest BCUT2D eigenvalue weighted by atomic mass is 10.3. The van der Waals surface area contributed by atoms with Crippen molar-refractivity contribution in [3.05, 3.63) is 30.3 Å². The summed E-state index contributed by atoms with van der Waals surface area (Å²) in [5.74, 6) is -2.36. The Morgan fingerprint density at radius 2 is 1.93 bits per heavy atom. The van der Waals surface area contributed by atoms with Crippen LogP contribution in [0.4, 0.5) is 0 Å². The summed E-state index contributed by atoms with van der Waals surface area (Å²) in [5, 5.41) is 14.9. The molecule has 0 atom stereocenters. The molecule has 1 aromatic heterocycles. The van der Waals surface area contributed by atoms with Crippen molar-refractivity contribution >= 4 is 28.0 Å². The summed E-state index contributed by atoms with van der Waals surface area (Å²) >= 11 is 0. The predicted molar refractivity (Wildman–Crippen MR) is 86.6 cm³/mol. The molecule has 11 nitrogen and oxygen atoms in total. The van der Waals surface area contributed by atoms with Gasteiger partial charge in [0.2, 0.25) is 15.7 Å². The molecule has 0 spiro atoms. The number of carbonyl (C=O) groups excluding carboxylic acids is 2. The third-order valence-electron chi connectivity index (χ3n) is 3.27. The van der Waals surface area contributed by atoms with Gasteiger partial charge in [0.1, 0.15) is 12.8 Å². The van der Waals surface area contributed by atoms with Crippen LogP contribution in [0.3, 0.4) is 0 Å². The Hall–Kier alpha value is -3.28. The van der Waals surface area contributed by atoms with E-state index in [4.69, 9.17) is 9.84 Å². The van der Waals surface area contributed by atoms with Crippen LogP contribution in [0.15, 0.2) is 44.9 Å². The first-order chi connectivity index (χ1) is 12.9. The fraction of sp³-hybridized carbons (Fsp3) is 0.267. The van der Waals surface area contributed by atoms with Crippen molar-refractivity contribution in [2.75, 3.05) is 19.7 Å². The zero-order valence-corrected chi connectivity index (χ0v) is 14.7. The molecular weight excluding hydrogens is 382 g/mol. The zero-order chi connectivity index (χ0) is 19.9. The lowest BCUT2D eigenvalue weighted by Crippen LogP contribution is -2.37. The van der Waals surface area contributed by atoms with Crippen LogP contribution in [0, 0.1) is 0 Å². The van der Waals surface area contributed by atoms with Gasteiger partial charge in [0.15, 0.2) is 0 Å². The van der Waals surface area contributed by atoms with Gasteiger partial charge in [-0.3, -0.25) is 9.59 Å². The summed E-state index contributed by atoms with van der Waals surface area (Å²) in [6, 6.07) is 7.43. The Bertz CT molecular complexity index is 910. The van der Waals surface area contributed by atoms with Crippen molar-refractivity contribution in [3.63, 3.8) is 0 Å². The predicted octanol–water partition coefficient (Wildman–Crippen LogP) is -0.217. The molecule has 0 aliphatic rings. The molecule has 0 saturated carbocycles. The number of carboxylic acid groups (broad SMARTS) is 1. The SMILES string of the molecule is O=CCN(CC(=O)O)C(=O)CCOc1nonc1S(=O)(=O)c1ccccc1. The lowest BCUT2D eigenvalue weighted by molar-refractivity contribution is -0.145. The van der Waals surface area contributed by atoms with E-state index in [1.165, 1.54) is 24.3 Å². The average Bonchev–Trinajstić information content (AvgIpc) is 3.11. The fourth-order valence-electron chi connectivity index (χ4n) is 2.04. The Morgan fingerprint density at radius 3 is 2.56 bits per heavy atom. The van der Waals surface area contributed by atoms with E-state index in [0.29, 0.717) is 6.29 Å². The number of sulfone groups is 1. The van der Waals surface area contributed by atoms with E-state index in [9.17, 15) is 22.8 Å². The van der Waals surface area contributed by atoms with Crippen LogP contribution in [-0.4, -0.2) is 66.6 Å². The minimum Gasteiger partial charge on any atom is -0.480 e. The highest BCUT2D eigenvalue weighted by atomic mass is 32.2. The second kappa shape index (κ2) is 8.89. The molecule has 12 heteroatoms. The monoisotopic (exact) mass is 397 g/mol. The molecular formula is C15H15N3O8S. The normalized spacial score (nSPS) is 11.0. The van der Waals surface area contributed by atoms with Gasteiger partial charge in [-0.25, -0.2) is 13.0 Å². The van der Waals surface area contributed by atoms with Crippen molar-refractivity contribution in [2.45, 2.75) is 16.3 Å². The number of hydrogen-bond donors (Lipinski definition) is 1. The van der Waals surface area contributed by atoms with E-state index in [2.05, 4.69) is 14.9 Å². The first-order valence-electron chi connectivity index (χ1n) is 7.55. The number of benzene rings is 1. The Labute approximate surface area is 153 Å².